The lowest BCUT2D eigenvalue weighted by atomic mass is 9.56. The topological polar surface area (TPSA) is 78.6 Å². The molecule has 37 heavy (non-hydrogen) atoms. The first-order valence-electron chi connectivity index (χ1n) is 13.2. The fourth-order valence-electron chi connectivity index (χ4n) is 5.27. The van der Waals surface area contributed by atoms with E-state index in [2.05, 4.69) is 53.0 Å². The highest BCUT2D eigenvalue weighted by molar-refractivity contribution is 5.73. The average Bonchev–Trinajstić information content (AvgIpc) is 2.88. The number of nitrogens with two attached hydrogens (primary N) is 1. The van der Waals surface area contributed by atoms with Gasteiger partial charge in [0.2, 0.25) is 0 Å². The molecule has 0 aliphatic heterocycles. The third kappa shape index (κ3) is 7.42. The van der Waals surface area contributed by atoms with E-state index in [4.69, 9.17) is 15.2 Å². The summed E-state index contributed by atoms with van der Waals surface area (Å²) in [6.07, 6.45) is 5.05. The zero-order chi connectivity index (χ0) is 27.4. The van der Waals surface area contributed by atoms with Crippen molar-refractivity contribution in [2.45, 2.75) is 65.4 Å². The van der Waals surface area contributed by atoms with Crippen molar-refractivity contribution in [1.82, 2.24) is 0 Å². The van der Waals surface area contributed by atoms with Gasteiger partial charge in [0, 0.05) is 23.8 Å². The second-order valence-corrected chi connectivity index (χ2v) is 10.1. The Bertz CT molecular complexity index is 1040. The van der Waals surface area contributed by atoms with Crippen molar-refractivity contribution in [2.75, 3.05) is 6.54 Å². The molecule has 0 aromatic heterocycles. The molecular weight excluding hydrogens is 462 g/mol. The van der Waals surface area contributed by atoms with Crippen LogP contribution in [0.25, 0.3) is 0 Å². The molecule has 2 rings (SSSR count). The Morgan fingerprint density at radius 3 is 2.11 bits per heavy atom. The first kappa shape index (κ1) is 30.0. The Morgan fingerprint density at radius 2 is 1.57 bits per heavy atom. The lowest BCUT2D eigenvalue weighted by Gasteiger charge is -2.47. The molecule has 0 aliphatic carbocycles. The maximum absolute atomic E-state index is 12.8. The number of rotatable bonds is 15. The fraction of sp³-hybridized carbons (Fsp3) is 0.438. The second-order valence-electron chi connectivity index (χ2n) is 10.1. The number of hydrogen-bond acceptors (Lipinski definition) is 5. The number of benzene rings is 2. The van der Waals surface area contributed by atoms with Crippen molar-refractivity contribution in [3.63, 3.8) is 0 Å². The number of carbonyl (C=O) groups is 2. The molecule has 0 saturated heterocycles. The minimum Gasteiger partial charge on any atom is -0.461 e. The quantitative estimate of drug-likeness (QED) is 0.165. The molecule has 200 valence electrons. The summed E-state index contributed by atoms with van der Waals surface area (Å²) in [6.45, 7) is 16.7. The van der Waals surface area contributed by atoms with Crippen LogP contribution in [0, 0.1) is 17.8 Å². The molecule has 0 saturated carbocycles. The van der Waals surface area contributed by atoms with Crippen molar-refractivity contribution in [3.8, 4) is 5.75 Å². The van der Waals surface area contributed by atoms with Crippen LogP contribution in [0.3, 0.4) is 0 Å². The summed E-state index contributed by atoms with van der Waals surface area (Å²) in [5, 5.41) is 0. The Morgan fingerprint density at radius 1 is 0.946 bits per heavy atom. The lowest BCUT2D eigenvalue weighted by Crippen LogP contribution is -2.47. The SMILES string of the molecule is C=CCCC(=O)OCc1ccc(OC(=O)CCC=C)c(C(c2ccccc2)(C(C)C)C(CN)C(C)C)c1. The van der Waals surface area contributed by atoms with E-state index in [9.17, 15) is 9.59 Å². The summed E-state index contributed by atoms with van der Waals surface area (Å²) < 4.78 is 11.5. The highest BCUT2D eigenvalue weighted by atomic mass is 16.5. The van der Waals surface area contributed by atoms with Gasteiger partial charge in [0.05, 0.1) is 0 Å². The highest BCUT2D eigenvalue weighted by Crippen LogP contribution is 2.51. The molecule has 0 aliphatic rings. The van der Waals surface area contributed by atoms with Gasteiger partial charge >= 0.3 is 11.9 Å². The van der Waals surface area contributed by atoms with Crippen molar-refractivity contribution < 1.29 is 19.1 Å². The monoisotopic (exact) mass is 505 g/mol. The summed E-state index contributed by atoms with van der Waals surface area (Å²) in [5.74, 6) is 0.323. The molecule has 0 amide bonds. The molecular formula is C32H43NO4. The Balaban J connectivity index is 2.74. The Hall–Kier alpha value is -3.18. The van der Waals surface area contributed by atoms with E-state index in [1.54, 1.807) is 12.2 Å². The van der Waals surface area contributed by atoms with Gasteiger partial charge in [0.1, 0.15) is 12.4 Å². The molecule has 0 fully saturated rings. The van der Waals surface area contributed by atoms with Crippen LogP contribution in [0.4, 0.5) is 0 Å². The number of ether oxygens (including phenoxy) is 2. The highest BCUT2D eigenvalue weighted by Gasteiger charge is 2.47. The zero-order valence-corrected chi connectivity index (χ0v) is 22.9. The summed E-state index contributed by atoms with van der Waals surface area (Å²) in [5.41, 5.74) is 8.74. The van der Waals surface area contributed by atoms with E-state index in [-0.39, 0.29) is 49.1 Å². The first-order chi connectivity index (χ1) is 17.7. The summed E-state index contributed by atoms with van der Waals surface area (Å²) in [7, 11) is 0. The molecule has 5 heteroatoms. The number of esters is 2. The van der Waals surface area contributed by atoms with Crippen LogP contribution in [0.2, 0.25) is 0 Å². The van der Waals surface area contributed by atoms with Crippen LogP contribution in [0.5, 0.6) is 5.75 Å². The largest absolute Gasteiger partial charge is 0.461 e. The van der Waals surface area contributed by atoms with E-state index in [0.29, 0.717) is 25.1 Å². The van der Waals surface area contributed by atoms with Gasteiger partial charge in [-0.25, -0.2) is 0 Å². The van der Waals surface area contributed by atoms with Crippen molar-refractivity contribution in [1.29, 1.82) is 0 Å². The summed E-state index contributed by atoms with van der Waals surface area (Å²) >= 11 is 0. The number of hydrogen-bond donors (Lipinski definition) is 1. The molecule has 0 heterocycles. The predicted octanol–water partition coefficient (Wildman–Crippen LogP) is 6.74. The van der Waals surface area contributed by atoms with Crippen molar-refractivity contribution in [2.24, 2.45) is 23.5 Å². The van der Waals surface area contributed by atoms with Crippen LogP contribution in [-0.4, -0.2) is 18.5 Å². The van der Waals surface area contributed by atoms with Gasteiger partial charge in [-0.2, -0.15) is 0 Å². The third-order valence-corrected chi connectivity index (χ3v) is 7.02. The van der Waals surface area contributed by atoms with Gasteiger partial charge < -0.3 is 15.2 Å². The molecule has 2 atom stereocenters. The van der Waals surface area contributed by atoms with E-state index in [1.165, 1.54) is 0 Å². The normalized spacial score (nSPS) is 13.6. The maximum Gasteiger partial charge on any atom is 0.311 e. The smallest absolute Gasteiger partial charge is 0.311 e. The lowest BCUT2D eigenvalue weighted by molar-refractivity contribution is -0.144. The minimum atomic E-state index is -0.554. The fourth-order valence-corrected chi connectivity index (χ4v) is 5.27. The molecule has 5 nitrogen and oxygen atoms in total. The first-order valence-corrected chi connectivity index (χ1v) is 13.2. The summed E-state index contributed by atoms with van der Waals surface area (Å²) in [6, 6.07) is 16.0. The Kier molecular flexibility index (Phi) is 11.8. The van der Waals surface area contributed by atoms with Crippen LogP contribution < -0.4 is 10.5 Å². The van der Waals surface area contributed by atoms with Gasteiger partial charge in [0.15, 0.2) is 0 Å². The summed E-state index contributed by atoms with van der Waals surface area (Å²) in [4.78, 5) is 24.9. The van der Waals surface area contributed by atoms with Crippen LogP contribution >= 0.6 is 0 Å². The standard InChI is InChI=1S/C32H43NO4/c1-7-9-16-30(34)36-22-25-18-19-29(37-31(35)17-10-8-2)27(20-25)32(24(5)6,28(21-33)23(3)4)26-14-12-11-13-15-26/h7-8,11-15,18-20,23-24,28H,1-2,9-10,16-17,21-22,33H2,3-6H3. The van der Waals surface area contributed by atoms with Gasteiger partial charge in [-0.3, -0.25) is 9.59 Å². The van der Waals surface area contributed by atoms with Crippen LogP contribution in [0.15, 0.2) is 73.8 Å². The molecule has 2 aromatic carbocycles. The molecule has 2 unspecified atom stereocenters. The van der Waals surface area contributed by atoms with E-state index < -0.39 is 5.41 Å². The second kappa shape index (κ2) is 14.5. The average molecular weight is 506 g/mol. The maximum atomic E-state index is 12.8. The van der Waals surface area contributed by atoms with E-state index in [1.807, 2.05) is 36.4 Å². The predicted molar refractivity (Wildman–Crippen MR) is 150 cm³/mol. The van der Waals surface area contributed by atoms with Crippen LogP contribution in [0.1, 0.15) is 70.1 Å². The molecule has 0 bridgehead atoms. The molecule has 2 aromatic rings. The number of allylic oxidation sites excluding steroid dienone is 2. The van der Waals surface area contributed by atoms with E-state index in [0.717, 1.165) is 16.7 Å². The van der Waals surface area contributed by atoms with Gasteiger partial charge in [-0.1, -0.05) is 76.2 Å². The molecule has 0 radical (unpaired) electrons. The van der Waals surface area contributed by atoms with Crippen LogP contribution in [-0.2, 0) is 26.3 Å². The minimum absolute atomic E-state index is 0.0471. The van der Waals surface area contributed by atoms with Crippen molar-refractivity contribution >= 4 is 11.9 Å². The Labute approximate surface area is 222 Å². The van der Waals surface area contributed by atoms with Crippen molar-refractivity contribution in [3.05, 3.63) is 90.5 Å². The van der Waals surface area contributed by atoms with Gasteiger partial charge in [-0.15, -0.1) is 13.2 Å². The number of carbonyl (C=O) groups excluding carboxylic acids is 2. The zero-order valence-electron chi connectivity index (χ0n) is 22.9. The van der Waals surface area contributed by atoms with E-state index >= 15 is 0 Å². The molecule has 0 spiro atoms. The third-order valence-electron chi connectivity index (χ3n) is 7.02. The van der Waals surface area contributed by atoms with Gasteiger partial charge in [-0.05, 0) is 60.4 Å². The van der Waals surface area contributed by atoms with Gasteiger partial charge in [0.25, 0.3) is 0 Å². The molecule has 2 N–H and O–H groups in total.